The van der Waals surface area contributed by atoms with Gasteiger partial charge >= 0.3 is 5.69 Å². The number of carbonyl (C=O) groups is 1. The van der Waals surface area contributed by atoms with Crippen LogP contribution in [0.1, 0.15) is 55.7 Å². The van der Waals surface area contributed by atoms with Crippen LogP contribution in [0.5, 0.6) is 0 Å². The number of imidazole rings is 1. The summed E-state index contributed by atoms with van der Waals surface area (Å²) >= 11 is 0. The molecule has 8 heteroatoms. The molecule has 2 aliphatic rings. The van der Waals surface area contributed by atoms with Crippen molar-refractivity contribution in [3.05, 3.63) is 64.6 Å². The van der Waals surface area contributed by atoms with Crippen LogP contribution in [-0.4, -0.2) is 69.7 Å². The first-order valence-electron chi connectivity index (χ1n) is 13.1. The van der Waals surface area contributed by atoms with E-state index in [1.807, 2.05) is 46.9 Å². The van der Waals surface area contributed by atoms with Crippen LogP contribution in [0.25, 0.3) is 12.2 Å². The Morgan fingerprint density at radius 1 is 1.14 bits per heavy atom. The molecule has 0 aliphatic carbocycles. The Kier molecular flexibility index (Phi) is 8.93. The molecule has 0 saturated carbocycles. The van der Waals surface area contributed by atoms with Gasteiger partial charge in [0.1, 0.15) is 0 Å². The average Bonchev–Trinajstić information content (AvgIpc) is 3.18. The van der Waals surface area contributed by atoms with Gasteiger partial charge in [0.05, 0.1) is 30.2 Å². The van der Waals surface area contributed by atoms with E-state index in [1.165, 1.54) is 0 Å². The third-order valence-corrected chi connectivity index (χ3v) is 7.48. The van der Waals surface area contributed by atoms with Gasteiger partial charge in [0.25, 0.3) is 0 Å². The molecule has 0 spiro atoms. The van der Waals surface area contributed by atoms with Gasteiger partial charge < -0.3 is 9.64 Å². The molecular formula is C28H39N5O3. The van der Waals surface area contributed by atoms with E-state index in [1.54, 1.807) is 17.8 Å². The van der Waals surface area contributed by atoms with Gasteiger partial charge in [-0.15, -0.1) is 0 Å². The van der Waals surface area contributed by atoms with Crippen LogP contribution in [0.4, 0.5) is 0 Å². The molecular weight excluding hydrogens is 454 g/mol. The summed E-state index contributed by atoms with van der Waals surface area (Å²) in [6, 6.07) is 6.07. The topological polar surface area (TPSA) is 72.6 Å². The second-order valence-electron chi connectivity index (χ2n) is 9.70. The maximum Gasteiger partial charge on any atom is 0.329 e. The van der Waals surface area contributed by atoms with E-state index in [9.17, 15) is 9.59 Å². The highest BCUT2D eigenvalue weighted by atomic mass is 16.5. The quantitative estimate of drug-likeness (QED) is 0.535. The molecule has 0 bridgehead atoms. The minimum absolute atomic E-state index is 0.0277. The largest absolute Gasteiger partial charge is 0.383 e. The fourth-order valence-electron chi connectivity index (χ4n) is 5.55. The molecule has 0 atom stereocenters. The minimum atomic E-state index is -0.0277. The Balaban J connectivity index is 1.37. The fourth-order valence-corrected chi connectivity index (χ4v) is 5.55. The number of rotatable bonds is 9. The average molecular weight is 494 g/mol. The summed E-state index contributed by atoms with van der Waals surface area (Å²) in [4.78, 5) is 35.5. The summed E-state index contributed by atoms with van der Waals surface area (Å²) in [7, 11) is 1.64. The predicted octanol–water partition coefficient (Wildman–Crippen LogP) is 3.44. The van der Waals surface area contributed by atoms with Gasteiger partial charge in [-0.1, -0.05) is 18.7 Å². The van der Waals surface area contributed by atoms with Crippen molar-refractivity contribution >= 4 is 18.1 Å². The number of aromatic nitrogens is 3. The Labute approximate surface area is 213 Å². The molecule has 2 aliphatic heterocycles. The predicted molar refractivity (Wildman–Crippen MR) is 142 cm³/mol. The van der Waals surface area contributed by atoms with Crippen LogP contribution in [0.2, 0.25) is 0 Å². The monoisotopic (exact) mass is 493 g/mol. The Morgan fingerprint density at radius 3 is 2.50 bits per heavy atom. The smallest absolute Gasteiger partial charge is 0.329 e. The van der Waals surface area contributed by atoms with Crippen molar-refractivity contribution in [3.63, 3.8) is 0 Å². The molecule has 4 heterocycles. The van der Waals surface area contributed by atoms with Crippen molar-refractivity contribution in [1.29, 1.82) is 0 Å². The molecule has 0 N–H and O–H groups in total. The first-order chi connectivity index (χ1) is 17.6. The highest BCUT2D eigenvalue weighted by molar-refractivity contribution is 5.79. The highest BCUT2D eigenvalue weighted by Gasteiger charge is 2.33. The number of hydrogen-bond acceptors (Lipinski definition) is 5. The second kappa shape index (κ2) is 12.3. The van der Waals surface area contributed by atoms with E-state index in [0.29, 0.717) is 26.2 Å². The first-order valence-corrected chi connectivity index (χ1v) is 13.1. The van der Waals surface area contributed by atoms with Crippen molar-refractivity contribution in [2.24, 2.45) is 5.92 Å². The molecule has 0 radical (unpaired) electrons. The second-order valence-corrected chi connectivity index (χ2v) is 9.70. The van der Waals surface area contributed by atoms with Crippen LogP contribution >= 0.6 is 0 Å². The van der Waals surface area contributed by atoms with E-state index in [-0.39, 0.29) is 23.6 Å². The zero-order valence-electron chi connectivity index (χ0n) is 21.6. The van der Waals surface area contributed by atoms with Crippen LogP contribution in [-0.2, 0) is 22.6 Å². The molecule has 36 heavy (non-hydrogen) atoms. The van der Waals surface area contributed by atoms with Gasteiger partial charge in [-0.3, -0.25) is 23.8 Å². The van der Waals surface area contributed by atoms with Gasteiger partial charge in [0.2, 0.25) is 5.91 Å². The summed E-state index contributed by atoms with van der Waals surface area (Å²) in [5.74, 6) is 0.363. The SMILES string of the molecule is C=Cc1c(/C=C\C)n(C2CCN(C(=O)C3CCN(Cc4ccccn4)CC3)CC2)c(=O)n1CCOC. The standard InChI is InChI=1S/C28H39N5O3/c1-4-8-26-25(5-2)32(19-20-36-3)28(35)33(26)24-12-17-31(18-13-24)27(34)22-10-15-30(16-11-22)21-23-9-6-7-14-29-23/h4-9,14,22,24H,2,10-13,15-21H2,1,3H3/b8-4-. The lowest BCUT2D eigenvalue weighted by molar-refractivity contribution is -0.138. The third kappa shape index (κ3) is 5.71. The van der Waals surface area contributed by atoms with Gasteiger partial charge in [-0.25, -0.2) is 4.79 Å². The number of ether oxygens (including phenoxy) is 1. The number of methoxy groups -OCH3 is 1. The zero-order chi connectivity index (χ0) is 25.5. The van der Waals surface area contributed by atoms with Crippen LogP contribution in [0.15, 0.2) is 41.8 Å². The molecule has 0 unspecified atom stereocenters. The van der Waals surface area contributed by atoms with Crippen molar-refractivity contribution in [1.82, 2.24) is 23.9 Å². The van der Waals surface area contributed by atoms with Crippen molar-refractivity contribution < 1.29 is 9.53 Å². The Hall–Kier alpha value is -2.97. The lowest BCUT2D eigenvalue weighted by Crippen LogP contribution is -2.46. The number of likely N-dealkylation sites (tertiary alicyclic amines) is 2. The van der Waals surface area contributed by atoms with Crippen LogP contribution in [0, 0.1) is 5.92 Å². The van der Waals surface area contributed by atoms with E-state index >= 15 is 0 Å². The van der Waals surface area contributed by atoms with Crippen molar-refractivity contribution in [2.75, 3.05) is 39.9 Å². The number of amides is 1. The van der Waals surface area contributed by atoms with Crippen LogP contribution in [0.3, 0.4) is 0 Å². The molecule has 1 amide bonds. The first kappa shape index (κ1) is 26.1. The lowest BCUT2D eigenvalue weighted by Gasteiger charge is -2.37. The molecule has 4 rings (SSSR count). The molecule has 194 valence electrons. The van der Waals surface area contributed by atoms with E-state index in [0.717, 1.165) is 62.4 Å². The Bertz CT molecular complexity index is 1100. The molecule has 8 nitrogen and oxygen atoms in total. The molecule has 2 aromatic heterocycles. The highest BCUT2D eigenvalue weighted by Crippen LogP contribution is 2.28. The van der Waals surface area contributed by atoms with Gasteiger partial charge in [-0.2, -0.15) is 0 Å². The van der Waals surface area contributed by atoms with Gasteiger partial charge in [0, 0.05) is 44.9 Å². The maximum atomic E-state index is 13.4. The van der Waals surface area contributed by atoms with Crippen LogP contribution < -0.4 is 5.69 Å². The number of hydrogen-bond donors (Lipinski definition) is 0. The normalized spacial score (nSPS) is 18.2. The molecule has 0 aromatic carbocycles. The van der Waals surface area contributed by atoms with Crippen molar-refractivity contribution in [2.45, 2.75) is 51.7 Å². The van der Waals surface area contributed by atoms with E-state index in [4.69, 9.17) is 4.74 Å². The summed E-state index contributed by atoms with van der Waals surface area (Å²) in [5, 5.41) is 0. The van der Waals surface area contributed by atoms with E-state index < -0.39 is 0 Å². The summed E-state index contributed by atoms with van der Waals surface area (Å²) < 4.78 is 8.88. The molecule has 2 aromatic rings. The zero-order valence-corrected chi connectivity index (χ0v) is 21.6. The number of allylic oxidation sites excluding steroid dienone is 1. The third-order valence-electron chi connectivity index (χ3n) is 7.48. The number of pyridine rings is 1. The number of nitrogens with zero attached hydrogens (tertiary/aromatic N) is 5. The summed E-state index contributed by atoms with van der Waals surface area (Å²) in [6.45, 7) is 10.9. The van der Waals surface area contributed by atoms with Crippen molar-refractivity contribution in [3.8, 4) is 0 Å². The lowest BCUT2D eigenvalue weighted by atomic mass is 9.93. The van der Waals surface area contributed by atoms with Gasteiger partial charge in [0.15, 0.2) is 0 Å². The van der Waals surface area contributed by atoms with E-state index in [2.05, 4.69) is 22.5 Å². The van der Waals surface area contributed by atoms with Gasteiger partial charge in [-0.05, 0) is 70.0 Å². The molecule has 2 fully saturated rings. The summed E-state index contributed by atoms with van der Waals surface area (Å²) in [5.41, 5.74) is 2.76. The minimum Gasteiger partial charge on any atom is -0.383 e. The summed E-state index contributed by atoms with van der Waals surface area (Å²) in [6.07, 6.45) is 10.9. The maximum absolute atomic E-state index is 13.4. The fraction of sp³-hybridized carbons (Fsp3) is 0.536. The Morgan fingerprint density at radius 2 is 1.89 bits per heavy atom. The number of piperidine rings is 2. The molecule has 2 saturated heterocycles. The number of carbonyl (C=O) groups excluding carboxylic acids is 1.